The fraction of sp³-hybridized carbons (Fsp3) is 0.917. The van der Waals surface area contributed by atoms with Gasteiger partial charge in [0, 0.05) is 38.5 Å². The molecule has 1 aliphatic rings. The van der Waals surface area contributed by atoms with Crippen molar-refractivity contribution in [2.75, 3.05) is 38.2 Å². The maximum Gasteiger partial charge on any atom is 0.148 e. The molecule has 0 bridgehead atoms. The van der Waals surface area contributed by atoms with Crippen molar-refractivity contribution in [2.45, 2.75) is 26.8 Å². The zero-order valence-electron chi connectivity index (χ0n) is 12.0. The summed E-state index contributed by atoms with van der Waals surface area (Å²) in [6, 6.07) is -0.175. The van der Waals surface area contributed by atoms with E-state index in [1.165, 1.54) is 11.2 Å². The van der Waals surface area contributed by atoms with Crippen LogP contribution in [0.3, 0.4) is 0 Å². The highest BCUT2D eigenvalue weighted by atomic mass is 32.2. The quantitative estimate of drug-likeness (QED) is 0.694. The van der Waals surface area contributed by atoms with Crippen molar-refractivity contribution in [1.82, 2.24) is 9.80 Å². The number of piperazine rings is 1. The van der Waals surface area contributed by atoms with Crippen molar-refractivity contribution in [3.05, 3.63) is 0 Å². The van der Waals surface area contributed by atoms with Crippen LogP contribution in [0.1, 0.15) is 20.8 Å². The zero-order valence-corrected chi connectivity index (χ0v) is 12.9. The summed E-state index contributed by atoms with van der Waals surface area (Å²) in [6.45, 7) is 7.86. The standard InChI is InChI=1S/C12H24N2O4S/c1-12(2,3)10-9-13(7-8-19(4,17)18)5-6-14(10)11(15)16/h10H,5-9H2,1-4H3,(H,15,16)/p-1. The van der Waals surface area contributed by atoms with Crippen LogP contribution in [-0.2, 0) is 9.84 Å². The van der Waals surface area contributed by atoms with Gasteiger partial charge in [-0.2, -0.15) is 0 Å². The molecule has 0 radical (unpaired) electrons. The van der Waals surface area contributed by atoms with Crippen LogP contribution in [0.15, 0.2) is 0 Å². The number of hydrogen-bond acceptors (Lipinski definition) is 5. The summed E-state index contributed by atoms with van der Waals surface area (Å²) in [6.07, 6.45) is 0.0637. The molecule has 0 N–H and O–H groups in total. The Hall–Kier alpha value is -0.820. The van der Waals surface area contributed by atoms with E-state index in [1.807, 2.05) is 25.7 Å². The van der Waals surface area contributed by atoms with Crippen molar-refractivity contribution in [3.63, 3.8) is 0 Å². The molecule has 0 aromatic carbocycles. The predicted molar refractivity (Wildman–Crippen MR) is 71.5 cm³/mol. The first-order valence-electron chi connectivity index (χ1n) is 6.38. The van der Waals surface area contributed by atoms with Gasteiger partial charge in [-0.1, -0.05) is 20.8 Å². The van der Waals surface area contributed by atoms with E-state index in [2.05, 4.69) is 0 Å². The number of rotatable bonds is 3. The molecule has 1 amide bonds. The van der Waals surface area contributed by atoms with Crippen LogP contribution < -0.4 is 5.11 Å². The zero-order chi connectivity index (χ0) is 14.8. The number of carbonyl (C=O) groups excluding carboxylic acids is 1. The lowest BCUT2D eigenvalue weighted by Gasteiger charge is -2.48. The summed E-state index contributed by atoms with van der Waals surface area (Å²) < 4.78 is 22.4. The molecule has 0 aliphatic carbocycles. The average Bonchev–Trinajstić information content (AvgIpc) is 2.23. The molecule has 19 heavy (non-hydrogen) atoms. The van der Waals surface area contributed by atoms with E-state index >= 15 is 0 Å². The Morgan fingerprint density at radius 1 is 1.32 bits per heavy atom. The van der Waals surface area contributed by atoms with Gasteiger partial charge in [0.05, 0.1) is 5.75 Å². The monoisotopic (exact) mass is 291 g/mol. The second kappa shape index (κ2) is 5.66. The van der Waals surface area contributed by atoms with Gasteiger partial charge in [-0.3, -0.25) is 4.90 Å². The van der Waals surface area contributed by atoms with E-state index in [0.717, 1.165) is 0 Å². The Labute approximate surface area is 115 Å². The van der Waals surface area contributed by atoms with Crippen LogP contribution in [0.4, 0.5) is 4.79 Å². The van der Waals surface area contributed by atoms with Crippen LogP contribution in [0.25, 0.3) is 0 Å². The number of amides is 1. The average molecular weight is 291 g/mol. The van der Waals surface area contributed by atoms with E-state index in [9.17, 15) is 18.3 Å². The number of hydrogen-bond donors (Lipinski definition) is 0. The third-order valence-corrected chi connectivity index (χ3v) is 4.40. The molecular formula is C12H23N2O4S-. The summed E-state index contributed by atoms with van der Waals surface area (Å²) in [5, 5.41) is 11.1. The lowest BCUT2D eigenvalue weighted by Crippen LogP contribution is -2.62. The maximum absolute atomic E-state index is 11.2. The minimum atomic E-state index is -2.99. The SMILES string of the molecule is CC(C)(C)C1CN(CCS(C)(=O)=O)CCN1C(=O)[O-]. The number of carbonyl (C=O) groups is 1. The first-order valence-corrected chi connectivity index (χ1v) is 8.44. The van der Waals surface area contributed by atoms with Crippen molar-refractivity contribution in [3.8, 4) is 0 Å². The molecule has 1 unspecified atom stereocenters. The molecule has 0 saturated carbocycles. The van der Waals surface area contributed by atoms with Gasteiger partial charge < -0.3 is 14.8 Å². The van der Waals surface area contributed by atoms with Gasteiger partial charge >= 0.3 is 0 Å². The minimum Gasteiger partial charge on any atom is -0.530 e. The summed E-state index contributed by atoms with van der Waals surface area (Å²) in [4.78, 5) is 14.5. The molecule has 112 valence electrons. The first kappa shape index (κ1) is 16.2. The Bertz CT molecular complexity index is 428. The number of sulfone groups is 1. The lowest BCUT2D eigenvalue weighted by molar-refractivity contribution is -0.272. The maximum atomic E-state index is 11.2. The molecule has 0 aromatic rings. The van der Waals surface area contributed by atoms with Crippen LogP contribution in [-0.4, -0.2) is 68.5 Å². The van der Waals surface area contributed by atoms with Gasteiger partial charge in [0.25, 0.3) is 0 Å². The molecule has 1 rings (SSSR count). The minimum absolute atomic E-state index is 0.106. The van der Waals surface area contributed by atoms with Gasteiger partial charge in [-0.25, -0.2) is 8.42 Å². The van der Waals surface area contributed by atoms with Gasteiger partial charge in [-0.05, 0) is 5.41 Å². The third-order valence-electron chi connectivity index (χ3n) is 3.48. The molecule has 0 aromatic heterocycles. The molecular weight excluding hydrogens is 268 g/mol. The highest BCUT2D eigenvalue weighted by molar-refractivity contribution is 7.90. The normalized spacial score (nSPS) is 22.5. The van der Waals surface area contributed by atoms with E-state index in [-0.39, 0.29) is 17.2 Å². The molecule has 1 aliphatic heterocycles. The fourth-order valence-electron chi connectivity index (χ4n) is 2.30. The Balaban J connectivity index is 2.71. The van der Waals surface area contributed by atoms with Crippen LogP contribution in [0.2, 0.25) is 0 Å². The van der Waals surface area contributed by atoms with Crippen LogP contribution >= 0.6 is 0 Å². The summed E-state index contributed by atoms with van der Waals surface area (Å²) in [5.74, 6) is 0.106. The molecule has 1 heterocycles. The molecule has 1 saturated heterocycles. The molecule has 1 atom stereocenters. The highest BCUT2D eigenvalue weighted by Gasteiger charge is 2.35. The fourth-order valence-corrected chi connectivity index (χ4v) is 2.89. The molecule has 7 heteroatoms. The Kier molecular flexibility index (Phi) is 4.84. The number of nitrogens with zero attached hydrogens (tertiary/aromatic N) is 2. The topological polar surface area (TPSA) is 80.8 Å². The second-order valence-electron chi connectivity index (χ2n) is 6.27. The van der Waals surface area contributed by atoms with E-state index < -0.39 is 15.9 Å². The van der Waals surface area contributed by atoms with E-state index in [0.29, 0.717) is 26.2 Å². The molecule has 1 fully saturated rings. The van der Waals surface area contributed by atoms with Gasteiger partial charge in [-0.15, -0.1) is 0 Å². The lowest BCUT2D eigenvalue weighted by atomic mass is 9.84. The Morgan fingerprint density at radius 3 is 2.32 bits per heavy atom. The summed E-state index contributed by atoms with van der Waals surface area (Å²) in [7, 11) is -2.99. The van der Waals surface area contributed by atoms with Gasteiger partial charge in [0.15, 0.2) is 0 Å². The van der Waals surface area contributed by atoms with Crippen molar-refractivity contribution in [2.24, 2.45) is 5.41 Å². The van der Waals surface area contributed by atoms with E-state index in [1.54, 1.807) is 0 Å². The highest BCUT2D eigenvalue weighted by Crippen LogP contribution is 2.27. The second-order valence-corrected chi connectivity index (χ2v) is 8.53. The third kappa shape index (κ3) is 4.99. The largest absolute Gasteiger partial charge is 0.530 e. The summed E-state index contributed by atoms with van der Waals surface area (Å²) in [5.41, 5.74) is -0.205. The van der Waals surface area contributed by atoms with Crippen LogP contribution in [0.5, 0.6) is 0 Å². The van der Waals surface area contributed by atoms with Gasteiger partial charge in [0.2, 0.25) is 0 Å². The Morgan fingerprint density at radius 2 is 1.89 bits per heavy atom. The first-order chi connectivity index (χ1) is 8.50. The van der Waals surface area contributed by atoms with Gasteiger partial charge in [0.1, 0.15) is 15.9 Å². The summed E-state index contributed by atoms with van der Waals surface area (Å²) >= 11 is 0. The number of carboxylic acid groups (broad SMARTS) is 1. The predicted octanol–water partition coefficient (Wildman–Crippen LogP) is -0.593. The van der Waals surface area contributed by atoms with Crippen molar-refractivity contribution >= 4 is 15.9 Å². The molecule has 0 spiro atoms. The molecule has 6 nitrogen and oxygen atoms in total. The van der Waals surface area contributed by atoms with Crippen molar-refractivity contribution < 1.29 is 18.3 Å². The van der Waals surface area contributed by atoms with Crippen LogP contribution in [0, 0.1) is 5.41 Å². The van der Waals surface area contributed by atoms with Crippen molar-refractivity contribution in [1.29, 1.82) is 0 Å². The smallest absolute Gasteiger partial charge is 0.148 e. The van der Waals surface area contributed by atoms with E-state index in [4.69, 9.17) is 0 Å².